The minimum absolute atomic E-state index is 0.167. The van der Waals surface area contributed by atoms with Gasteiger partial charge in [0.25, 0.3) is 5.56 Å². The van der Waals surface area contributed by atoms with E-state index in [4.69, 9.17) is 14.6 Å². The third-order valence-corrected chi connectivity index (χ3v) is 7.71. The smallest absolute Gasteiger partial charge is 0.311 e. The van der Waals surface area contributed by atoms with E-state index in [-0.39, 0.29) is 17.0 Å². The lowest BCUT2D eigenvalue weighted by Gasteiger charge is -2.06. The van der Waals surface area contributed by atoms with Crippen molar-refractivity contribution in [3.8, 4) is 28.4 Å². The van der Waals surface area contributed by atoms with E-state index in [2.05, 4.69) is 17.0 Å². The average Bonchev–Trinajstić information content (AvgIpc) is 3.74. The standard InChI is InChI=1S/C33H28N6O5S/c1-3-18-44-26-14-10-22(11-15-26)12-17-30-34-33-38(35-30)32(40)29(45-33)20-24-21-37(25-8-6-5-7-9-25)36-31(24)23-13-16-28(43-4-2)27(19-23)39(41)42/h5-17,19-21H,3-4,18H2,1-2H3/b17-12+,29-20-. The van der Waals surface area contributed by atoms with Crippen molar-refractivity contribution in [2.45, 2.75) is 20.3 Å². The Balaban J connectivity index is 1.36. The molecule has 0 aliphatic heterocycles. The van der Waals surface area contributed by atoms with E-state index in [1.807, 2.05) is 60.7 Å². The fraction of sp³-hybridized carbons (Fsp3) is 0.152. The molecule has 0 saturated carbocycles. The van der Waals surface area contributed by atoms with E-state index in [1.165, 1.54) is 21.9 Å². The summed E-state index contributed by atoms with van der Waals surface area (Å²) in [5, 5.41) is 21.0. The van der Waals surface area contributed by atoms with Crippen LogP contribution >= 0.6 is 11.3 Å². The van der Waals surface area contributed by atoms with Crippen molar-refractivity contribution in [1.29, 1.82) is 0 Å². The van der Waals surface area contributed by atoms with Crippen LogP contribution in [0.5, 0.6) is 11.5 Å². The van der Waals surface area contributed by atoms with E-state index >= 15 is 0 Å². The summed E-state index contributed by atoms with van der Waals surface area (Å²) in [4.78, 5) is 29.7. The van der Waals surface area contributed by atoms with Gasteiger partial charge < -0.3 is 9.47 Å². The van der Waals surface area contributed by atoms with Crippen LogP contribution in [0.4, 0.5) is 5.69 Å². The summed E-state index contributed by atoms with van der Waals surface area (Å²) in [5.41, 5.74) is 2.84. The molecular weight excluding hydrogens is 592 g/mol. The second kappa shape index (κ2) is 12.9. The van der Waals surface area contributed by atoms with Crippen molar-refractivity contribution in [3.63, 3.8) is 0 Å². The monoisotopic (exact) mass is 620 g/mol. The van der Waals surface area contributed by atoms with Crippen molar-refractivity contribution in [3.05, 3.63) is 121 Å². The zero-order valence-corrected chi connectivity index (χ0v) is 25.3. The van der Waals surface area contributed by atoms with Gasteiger partial charge in [-0.15, -0.1) is 5.10 Å². The topological polar surface area (TPSA) is 127 Å². The molecule has 0 N–H and O–H groups in total. The maximum atomic E-state index is 13.4. The van der Waals surface area contributed by atoms with E-state index in [9.17, 15) is 14.9 Å². The molecule has 3 heterocycles. The molecule has 0 spiro atoms. The fourth-order valence-corrected chi connectivity index (χ4v) is 5.55. The number of hydrogen-bond donors (Lipinski definition) is 0. The zero-order valence-electron chi connectivity index (χ0n) is 24.5. The number of nitrogens with zero attached hydrogens (tertiary/aromatic N) is 6. The van der Waals surface area contributed by atoms with Crippen LogP contribution in [-0.4, -0.2) is 42.5 Å². The first kappa shape index (κ1) is 29.5. The molecule has 0 unspecified atom stereocenters. The van der Waals surface area contributed by atoms with Crippen molar-refractivity contribution in [1.82, 2.24) is 24.4 Å². The Morgan fingerprint density at radius 2 is 1.78 bits per heavy atom. The van der Waals surface area contributed by atoms with Crippen molar-refractivity contribution in [2.75, 3.05) is 13.2 Å². The third kappa shape index (κ3) is 6.36. The summed E-state index contributed by atoms with van der Waals surface area (Å²) in [6.45, 7) is 4.79. The van der Waals surface area contributed by atoms with Crippen LogP contribution in [0.2, 0.25) is 0 Å². The lowest BCUT2D eigenvalue weighted by Crippen LogP contribution is -2.23. The molecule has 11 nitrogen and oxygen atoms in total. The first-order valence-electron chi connectivity index (χ1n) is 14.3. The van der Waals surface area contributed by atoms with E-state index < -0.39 is 4.92 Å². The number of aromatic nitrogens is 5. The number of para-hydroxylation sites is 1. The van der Waals surface area contributed by atoms with Crippen LogP contribution in [0, 0.1) is 10.1 Å². The predicted molar refractivity (Wildman–Crippen MR) is 174 cm³/mol. The minimum Gasteiger partial charge on any atom is -0.494 e. The number of fused-ring (bicyclic) bond motifs is 1. The molecule has 3 aromatic heterocycles. The number of hydrogen-bond acceptors (Lipinski definition) is 9. The number of rotatable bonds is 11. The summed E-state index contributed by atoms with van der Waals surface area (Å²) in [6.07, 6.45) is 8.07. The Kier molecular flexibility index (Phi) is 8.47. The predicted octanol–water partition coefficient (Wildman–Crippen LogP) is 5.82. The molecule has 0 aliphatic carbocycles. The maximum Gasteiger partial charge on any atom is 0.311 e. The van der Waals surface area contributed by atoms with Gasteiger partial charge in [0.2, 0.25) is 4.96 Å². The third-order valence-electron chi connectivity index (χ3n) is 6.75. The molecule has 0 fully saturated rings. The van der Waals surface area contributed by atoms with Gasteiger partial charge in [-0.05, 0) is 67.5 Å². The lowest BCUT2D eigenvalue weighted by atomic mass is 10.1. The van der Waals surface area contributed by atoms with Crippen molar-refractivity contribution < 1.29 is 14.4 Å². The largest absolute Gasteiger partial charge is 0.494 e. The average molecular weight is 621 g/mol. The molecule has 0 aliphatic rings. The van der Waals surface area contributed by atoms with Gasteiger partial charge in [0.1, 0.15) is 11.4 Å². The van der Waals surface area contributed by atoms with Gasteiger partial charge in [-0.25, -0.2) is 4.68 Å². The summed E-state index contributed by atoms with van der Waals surface area (Å²) in [6, 6.07) is 21.9. The number of ether oxygens (including phenoxy) is 2. The van der Waals surface area contributed by atoms with Gasteiger partial charge in [-0.2, -0.15) is 14.6 Å². The summed E-state index contributed by atoms with van der Waals surface area (Å²) in [5.74, 6) is 1.40. The Morgan fingerprint density at radius 1 is 0.978 bits per heavy atom. The molecule has 0 atom stereocenters. The molecular formula is C33H28N6O5S. The number of benzene rings is 3. The molecule has 0 saturated heterocycles. The number of nitro benzene ring substituents is 1. The second-order valence-electron chi connectivity index (χ2n) is 9.92. The first-order valence-corrected chi connectivity index (χ1v) is 15.1. The van der Waals surface area contributed by atoms with Crippen LogP contribution < -0.4 is 19.6 Å². The van der Waals surface area contributed by atoms with Gasteiger partial charge in [-0.1, -0.05) is 54.7 Å². The van der Waals surface area contributed by atoms with Crippen molar-refractivity contribution >= 4 is 40.2 Å². The van der Waals surface area contributed by atoms with Gasteiger partial charge in [0.15, 0.2) is 11.6 Å². The molecule has 226 valence electrons. The highest BCUT2D eigenvalue weighted by Crippen LogP contribution is 2.34. The van der Waals surface area contributed by atoms with Crippen LogP contribution in [0.25, 0.3) is 40.1 Å². The summed E-state index contributed by atoms with van der Waals surface area (Å²) < 4.78 is 14.4. The second-order valence-corrected chi connectivity index (χ2v) is 10.9. The van der Waals surface area contributed by atoms with Crippen LogP contribution in [0.15, 0.2) is 83.8 Å². The zero-order chi connectivity index (χ0) is 31.3. The van der Waals surface area contributed by atoms with Crippen LogP contribution in [0.3, 0.4) is 0 Å². The Morgan fingerprint density at radius 3 is 2.49 bits per heavy atom. The summed E-state index contributed by atoms with van der Waals surface area (Å²) in [7, 11) is 0. The molecule has 3 aromatic carbocycles. The highest BCUT2D eigenvalue weighted by atomic mass is 32.1. The van der Waals surface area contributed by atoms with Crippen molar-refractivity contribution in [2.24, 2.45) is 0 Å². The first-order chi connectivity index (χ1) is 21.9. The Bertz CT molecular complexity index is 2120. The maximum absolute atomic E-state index is 13.4. The van der Waals surface area contributed by atoms with E-state index in [0.29, 0.717) is 45.4 Å². The normalized spacial score (nSPS) is 11.9. The number of nitro groups is 1. The number of thiazole rings is 1. The quantitative estimate of drug-likeness (QED) is 0.131. The highest BCUT2D eigenvalue weighted by molar-refractivity contribution is 7.15. The van der Waals surface area contributed by atoms with Crippen LogP contribution in [-0.2, 0) is 0 Å². The molecule has 6 aromatic rings. The minimum atomic E-state index is -0.481. The highest BCUT2D eigenvalue weighted by Gasteiger charge is 2.20. The molecule has 0 amide bonds. The van der Waals surface area contributed by atoms with Gasteiger partial charge >= 0.3 is 5.69 Å². The van der Waals surface area contributed by atoms with E-state index in [0.717, 1.165) is 23.4 Å². The van der Waals surface area contributed by atoms with Gasteiger partial charge in [-0.3, -0.25) is 14.9 Å². The fourth-order valence-electron chi connectivity index (χ4n) is 4.64. The Hall–Kier alpha value is -5.62. The lowest BCUT2D eigenvalue weighted by molar-refractivity contribution is -0.385. The van der Waals surface area contributed by atoms with Gasteiger partial charge in [0.05, 0.1) is 28.4 Å². The Labute approximate surface area is 261 Å². The van der Waals surface area contributed by atoms with E-state index in [1.54, 1.807) is 42.1 Å². The molecule has 45 heavy (non-hydrogen) atoms. The molecule has 12 heteroatoms. The van der Waals surface area contributed by atoms with Gasteiger partial charge in [0, 0.05) is 23.4 Å². The molecule has 0 radical (unpaired) electrons. The molecule has 6 rings (SSSR count). The van der Waals surface area contributed by atoms with Crippen LogP contribution in [0.1, 0.15) is 37.2 Å². The molecule has 0 bridgehead atoms. The SMILES string of the molecule is CCCOc1ccc(/C=C/c2nc3s/c(=C\c4cn(-c5ccccc5)nc4-c4ccc(OCC)c([N+](=O)[O-])c4)c(=O)n3n2)cc1. The summed E-state index contributed by atoms with van der Waals surface area (Å²) >= 11 is 1.20.